The number of halogens is 2. The lowest BCUT2D eigenvalue weighted by molar-refractivity contribution is -0.154. The second kappa shape index (κ2) is 17.2. The summed E-state index contributed by atoms with van der Waals surface area (Å²) in [5, 5.41) is 10.2. The first-order valence-corrected chi connectivity index (χ1v) is 12.3. The van der Waals surface area contributed by atoms with E-state index in [1.54, 1.807) is 0 Å². The zero-order chi connectivity index (χ0) is 27.8. The van der Waals surface area contributed by atoms with Crippen LogP contribution in [0.3, 0.4) is 0 Å². The van der Waals surface area contributed by atoms with Crippen molar-refractivity contribution >= 4 is 5.91 Å². The summed E-state index contributed by atoms with van der Waals surface area (Å²) >= 11 is 0. The van der Waals surface area contributed by atoms with Gasteiger partial charge in [0.25, 0.3) is 5.91 Å². The lowest BCUT2D eigenvalue weighted by Crippen LogP contribution is -2.54. The summed E-state index contributed by atoms with van der Waals surface area (Å²) in [4.78, 5) is 16.4. The molecule has 0 aliphatic carbocycles. The molecule has 2 aromatic carbocycles. The van der Waals surface area contributed by atoms with Crippen LogP contribution in [0, 0.1) is 11.6 Å². The first-order chi connectivity index (χ1) is 16.2. The summed E-state index contributed by atoms with van der Waals surface area (Å²) in [5.41, 5.74) is -1.23. The van der Waals surface area contributed by atoms with E-state index >= 15 is 0 Å². The van der Waals surface area contributed by atoms with E-state index in [9.17, 15) is 18.7 Å². The van der Waals surface area contributed by atoms with Crippen LogP contribution in [0.1, 0.15) is 72.9 Å². The Bertz CT molecular complexity index is 830. The van der Waals surface area contributed by atoms with E-state index in [1.807, 2.05) is 84.1 Å². The van der Waals surface area contributed by atoms with Crippen molar-refractivity contribution in [1.82, 2.24) is 9.80 Å². The summed E-state index contributed by atoms with van der Waals surface area (Å²) in [6.07, 6.45) is 1.39. The zero-order valence-electron chi connectivity index (χ0n) is 23.7. The van der Waals surface area contributed by atoms with Gasteiger partial charge in [-0.3, -0.25) is 4.79 Å². The van der Waals surface area contributed by atoms with Gasteiger partial charge in [0.1, 0.15) is 17.2 Å². The van der Waals surface area contributed by atoms with Crippen molar-refractivity contribution in [2.45, 2.75) is 79.4 Å². The topological polar surface area (TPSA) is 43.8 Å². The predicted molar refractivity (Wildman–Crippen MR) is 144 cm³/mol. The third kappa shape index (κ3) is 13.4. The van der Waals surface area contributed by atoms with Crippen LogP contribution in [0.4, 0.5) is 8.78 Å². The van der Waals surface area contributed by atoms with Gasteiger partial charge in [-0.2, -0.15) is 0 Å². The Morgan fingerprint density at radius 2 is 1.37 bits per heavy atom. The molecule has 0 aromatic heterocycles. The molecule has 0 aliphatic heterocycles. The van der Waals surface area contributed by atoms with Crippen molar-refractivity contribution in [3.8, 4) is 0 Å². The van der Waals surface area contributed by atoms with Crippen molar-refractivity contribution in [1.29, 1.82) is 0 Å². The van der Waals surface area contributed by atoms with E-state index in [1.165, 1.54) is 25.2 Å². The van der Waals surface area contributed by atoms with Gasteiger partial charge in [0.05, 0.1) is 5.54 Å². The summed E-state index contributed by atoms with van der Waals surface area (Å²) in [7, 11) is 6.00. The van der Waals surface area contributed by atoms with Crippen molar-refractivity contribution < 1.29 is 18.7 Å². The third-order valence-electron chi connectivity index (χ3n) is 4.54. The van der Waals surface area contributed by atoms with E-state index in [2.05, 4.69) is 13.8 Å². The molecule has 6 heteroatoms. The molecule has 0 fully saturated rings. The molecule has 0 saturated carbocycles. The molecule has 0 radical (unpaired) electrons. The van der Waals surface area contributed by atoms with Gasteiger partial charge in [-0.1, -0.05) is 64.4 Å². The Balaban J connectivity index is 0. The van der Waals surface area contributed by atoms with Crippen molar-refractivity contribution in [2.24, 2.45) is 0 Å². The number of aliphatic hydroxyl groups is 1. The van der Waals surface area contributed by atoms with E-state index < -0.39 is 28.7 Å². The van der Waals surface area contributed by atoms with Crippen molar-refractivity contribution in [2.75, 3.05) is 27.7 Å². The summed E-state index contributed by atoms with van der Waals surface area (Å²) in [6.45, 7) is 15.0. The minimum Gasteiger partial charge on any atom is -0.381 e. The van der Waals surface area contributed by atoms with Crippen molar-refractivity contribution in [3.05, 3.63) is 71.3 Å². The monoisotopic (exact) mass is 494 g/mol. The normalized spacial score (nSPS) is 10.7. The first-order valence-electron chi connectivity index (χ1n) is 12.3. The van der Waals surface area contributed by atoms with E-state index in [-0.39, 0.29) is 18.5 Å². The van der Waals surface area contributed by atoms with Crippen LogP contribution in [-0.2, 0) is 16.8 Å². The molecule has 0 atom stereocenters. The van der Waals surface area contributed by atoms with Crippen LogP contribution < -0.4 is 0 Å². The second-order valence-corrected chi connectivity index (χ2v) is 9.48. The molecule has 0 spiro atoms. The van der Waals surface area contributed by atoms with Gasteiger partial charge in [-0.05, 0) is 84.6 Å². The largest absolute Gasteiger partial charge is 0.381 e. The minimum absolute atomic E-state index is 0.141. The quantitative estimate of drug-likeness (QED) is 0.488. The highest BCUT2D eigenvalue weighted by Crippen LogP contribution is 2.30. The van der Waals surface area contributed by atoms with Crippen LogP contribution in [-0.4, -0.2) is 54.1 Å². The van der Waals surface area contributed by atoms with Gasteiger partial charge in [-0.25, -0.2) is 8.78 Å². The Kier molecular flexibility index (Phi) is 17.1. The lowest BCUT2D eigenvalue weighted by atomic mass is 9.90. The minimum atomic E-state index is -1.58. The molecule has 1 amide bonds. The molecule has 2 rings (SSSR count). The van der Waals surface area contributed by atoms with E-state index in [4.69, 9.17) is 0 Å². The fourth-order valence-electron chi connectivity index (χ4n) is 2.93. The molecule has 0 aliphatic rings. The molecule has 200 valence electrons. The van der Waals surface area contributed by atoms with Crippen LogP contribution >= 0.6 is 0 Å². The standard InChI is InChI=1S/C21H25F2NO2.C3H9N.C3H8.C2H6/c1-20(2,16-8-6-5-7-9-16)24(19(25)21(3,4)26)13-12-15-14-17(22)10-11-18(15)23;1-4(2)3;1-3-2;1-2/h5-11,14,26H,12-13H2,1-4H3;1-3H3;3H2,1-2H3;1-2H3. The van der Waals surface area contributed by atoms with Gasteiger partial charge in [0.2, 0.25) is 0 Å². The molecule has 35 heavy (non-hydrogen) atoms. The molecular formula is C29H48F2N2O2. The van der Waals surface area contributed by atoms with Crippen LogP contribution in [0.2, 0.25) is 0 Å². The average Bonchev–Trinajstić information content (AvgIpc) is 2.77. The number of rotatable bonds is 6. The van der Waals surface area contributed by atoms with Gasteiger partial charge >= 0.3 is 0 Å². The number of amides is 1. The van der Waals surface area contributed by atoms with Gasteiger partial charge in [-0.15, -0.1) is 0 Å². The number of hydrogen-bond donors (Lipinski definition) is 1. The van der Waals surface area contributed by atoms with Gasteiger partial charge < -0.3 is 14.9 Å². The Morgan fingerprint density at radius 3 is 1.80 bits per heavy atom. The number of carbonyl (C=O) groups excluding carboxylic acids is 1. The van der Waals surface area contributed by atoms with E-state index in [0.717, 1.165) is 23.8 Å². The van der Waals surface area contributed by atoms with Gasteiger partial charge in [0, 0.05) is 6.54 Å². The highest BCUT2D eigenvalue weighted by atomic mass is 19.1. The third-order valence-corrected chi connectivity index (χ3v) is 4.54. The highest BCUT2D eigenvalue weighted by Gasteiger charge is 2.38. The average molecular weight is 495 g/mol. The summed E-state index contributed by atoms with van der Waals surface area (Å²) in [6, 6.07) is 12.7. The maximum Gasteiger partial charge on any atom is 0.254 e. The van der Waals surface area contributed by atoms with Crippen LogP contribution in [0.5, 0.6) is 0 Å². The molecule has 0 saturated heterocycles. The summed E-state index contributed by atoms with van der Waals surface area (Å²) in [5.74, 6) is -1.51. The molecule has 0 heterocycles. The summed E-state index contributed by atoms with van der Waals surface area (Å²) < 4.78 is 27.4. The molecule has 0 bridgehead atoms. The number of hydrogen-bond acceptors (Lipinski definition) is 3. The zero-order valence-corrected chi connectivity index (χ0v) is 23.7. The highest BCUT2D eigenvalue weighted by molar-refractivity contribution is 5.85. The van der Waals surface area contributed by atoms with Crippen molar-refractivity contribution in [3.63, 3.8) is 0 Å². The van der Waals surface area contributed by atoms with Gasteiger partial charge in [0.15, 0.2) is 0 Å². The number of nitrogens with zero attached hydrogens (tertiary/aromatic N) is 2. The SMILES string of the molecule is CC.CC(C)(O)C(=O)N(CCc1cc(F)ccc1F)C(C)(C)c1ccccc1.CCC.CN(C)C. The smallest absolute Gasteiger partial charge is 0.254 e. The predicted octanol–water partition coefficient (Wildman–Crippen LogP) is 6.66. The van der Waals surface area contributed by atoms with Crippen LogP contribution in [0.25, 0.3) is 0 Å². The van der Waals surface area contributed by atoms with Crippen LogP contribution in [0.15, 0.2) is 48.5 Å². The molecule has 4 nitrogen and oxygen atoms in total. The second-order valence-electron chi connectivity index (χ2n) is 9.48. The van der Waals surface area contributed by atoms with E-state index in [0.29, 0.717) is 0 Å². The Labute approximate surface area is 213 Å². The molecule has 1 N–H and O–H groups in total. The first kappa shape index (κ1) is 34.9. The fraction of sp³-hybridized carbons (Fsp3) is 0.552. The fourth-order valence-corrected chi connectivity index (χ4v) is 2.93. The Hall–Kier alpha value is -2.31. The number of benzene rings is 2. The number of carbonyl (C=O) groups is 1. The maximum atomic E-state index is 14.0. The maximum absolute atomic E-state index is 14.0. The molecule has 0 unspecified atom stereocenters. The Morgan fingerprint density at radius 1 is 0.914 bits per heavy atom. The lowest BCUT2D eigenvalue weighted by Gasteiger charge is -2.42. The molecule has 2 aromatic rings. The molecular weight excluding hydrogens is 446 g/mol.